The first-order chi connectivity index (χ1) is 15.5. The Bertz CT molecular complexity index is 1130. The monoisotopic (exact) mass is 432 g/mol. The number of amides is 4. The van der Waals surface area contributed by atoms with Crippen molar-refractivity contribution in [1.29, 1.82) is 0 Å². The van der Waals surface area contributed by atoms with Crippen molar-refractivity contribution in [2.45, 2.75) is 37.9 Å². The number of hydrogen-bond donors (Lipinski definition) is 3. The van der Waals surface area contributed by atoms with Crippen LogP contribution in [-0.2, 0) is 22.6 Å². The van der Waals surface area contributed by atoms with Crippen LogP contribution in [0.3, 0.4) is 0 Å². The van der Waals surface area contributed by atoms with Gasteiger partial charge in [-0.1, -0.05) is 36.4 Å². The van der Waals surface area contributed by atoms with E-state index in [1.165, 1.54) is 11.1 Å². The van der Waals surface area contributed by atoms with Crippen molar-refractivity contribution >= 4 is 23.6 Å². The Morgan fingerprint density at radius 1 is 0.969 bits per heavy atom. The van der Waals surface area contributed by atoms with Crippen molar-refractivity contribution in [2.75, 3.05) is 13.1 Å². The zero-order valence-corrected chi connectivity index (χ0v) is 17.5. The first-order valence-corrected chi connectivity index (χ1v) is 10.9. The maximum Gasteiger partial charge on any atom is 0.262 e. The van der Waals surface area contributed by atoms with Gasteiger partial charge in [0.05, 0.1) is 11.1 Å². The average Bonchev–Trinajstić information content (AvgIpc) is 3.05. The lowest BCUT2D eigenvalue weighted by molar-refractivity contribution is -0.136. The molecule has 2 aromatic rings. The molecule has 0 saturated carbocycles. The summed E-state index contributed by atoms with van der Waals surface area (Å²) in [6.45, 7) is 2.02. The third-order valence-electron chi connectivity index (χ3n) is 6.43. The molecule has 0 spiro atoms. The SMILES string of the molecule is O=C1CCC(N2C(=O)c3cccc(CNCC4NCCc5ccccc54)c3C2=O)C(=O)N1. The summed E-state index contributed by atoms with van der Waals surface area (Å²) < 4.78 is 0. The molecule has 3 aliphatic heterocycles. The number of imide groups is 2. The molecule has 8 heteroatoms. The number of fused-ring (bicyclic) bond motifs is 2. The van der Waals surface area contributed by atoms with E-state index < -0.39 is 23.8 Å². The van der Waals surface area contributed by atoms with Crippen LogP contribution in [0.25, 0.3) is 0 Å². The predicted octanol–water partition coefficient (Wildman–Crippen LogP) is 1.06. The summed E-state index contributed by atoms with van der Waals surface area (Å²) in [6, 6.07) is 12.8. The molecular weight excluding hydrogens is 408 g/mol. The number of rotatable bonds is 5. The molecule has 1 fully saturated rings. The molecule has 0 aliphatic carbocycles. The summed E-state index contributed by atoms with van der Waals surface area (Å²) in [4.78, 5) is 50.9. The second-order valence-corrected chi connectivity index (χ2v) is 8.37. The highest BCUT2D eigenvalue weighted by atomic mass is 16.2. The molecule has 3 aliphatic rings. The molecule has 164 valence electrons. The first-order valence-electron chi connectivity index (χ1n) is 10.9. The van der Waals surface area contributed by atoms with Crippen LogP contribution in [-0.4, -0.2) is 47.7 Å². The zero-order chi connectivity index (χ0) is 22.2. The zero-order valence-electron chi connectivity index (χ0n) is 17.5. The average molecular weight is 432 g/mol. The van der Waals surface area contributed by atoms with Crippen LogP contribution in [0.1, 0.15) is 56.3 Å². The van der Waals surface area contributed by atoms with Gasteiger partial charge in [0.1, 0.15) is 6.04 Å². The highest BCUT2D eigenvalue weighted by Crippen LogP contribution is 2.30. The van der Waals surface area contributed by atoms with Crippen LogP contribution in [0, 0.1) is 0 Å². The van der Waals surface area contributed by atoms with Gasteiger partial charge in [-0.25, -0.2) is 0 Å². The molecule has 2 aromatic carbocycles. The maximum atomic E-state index is 13.2. The lowest BCUT2D eigenvalue weighted by Gasteiger charge is -2.28. The van der Waals surface area contributed by atoms with Crippen LogP contribution >= 0.6 is 0 Å². The van der Waals surface area contributed by atoms with Gasteiger partial charge in [-0.3, -0.25) is 29.4 Å². The van der Waals surface area contributed by atoms with E-state index in [1.54, 1.807) is 12.1 Å². The Balaban J connectivity index is 1.32. The summed E-state index contributed by atoms with van der Waals surface area (Å²) >= 11 is 0. The molecule has 5 rings (SSSR count). The molecule has 0 aromatic heterocycles. The van der Waals surface area contributed by atoms with Crippen molar-refractivity contribution in [3.8, 4) is 0 Å². The van der Waals surface area contributed by atoms with Gasteiger partial charge in [-0.2, -0.15) is 0 Å². The summed E-state index contributed by atoms with van der Waals surface area (Å²) in [6.07, 6.45) is 1.26. The van der Waals surface area contributed by atoms with Crippen LogP contribution in [0.4, 0.5) is 0 Å². The van der Waals surface area contributed by atoms with Crippen LogP contribution in [0.15, 0.2) is 42.5 Å². The minimum absolute atomic E-state index is 0.105. The summed E-state index contributed by atoms with van der Waals surface area (Å²) in [5.74, 6) is -1.94. The second kappa shape index (κ2) is 8.29. The standard InChI is InChI=1S/C24H24N4O4/c29-20-9-8-19(22(30)27-20)28-23(31)17-7-3-5-15(21(17)24(28)32)12-25-13-18-16-6-2-1-4-14(16)10-11-26-18/h1-7,18-19,25-26H,8-13H2,(H,27,29,30). The Morgan fingerprint density at radius 3 is 2.66 bits per heavy atom. The van der Waals surface area contributed by atoms with Gasteiger partial charge < -0.3 is 10.6 Å². The van der Waals surface area contributed by atoms with Crippen molar-refractivity contribution in [2.24, 2.45) is 0 Å². The second-order valence-electron chi connectivity index (χ2n) is 8.37. The van der Waals surface area contributed by atoms with Gasteiger partial charge in [0.15, 0.2) is 0 Å². The fourth-order valence-electron chi connectivity index (χ4n) is 4.86. The highest BCUT2D eigenvalue weighted by Gasteiger charge is 2.45. The van der Waals surface area contributed by atoms with E-state index in [0.717, 1.165) is 23.4 Å². The Labute approximate surface area is 185 Å². The van der Waals surface area contributed by atoms with E-state index in [9.17, 15) is 19.2 Å². The van der Waals surface area contributed by atoms with E-state index >= 15 is 0 Å². The minimum Gasteiger partial charge on any atom is -0.311 e. The van der Waals surface area contributed by atoms with E-state index in [-0.39, 0.29) is 24.8 Å². The van der Waals surface area contributed by atoms with Crippen molar-refractivity contribution in [1.82, 2.24) is 20.9 Å². The molecule has 2 atom stereocenters. The van der Waals surface area contributed by atoms with Crippen molar-refractivity contribution < 1.29 is 19.2 Å². The molecule has 3 N–H and O–H groups in total. The Morgan fingerprint density at radius 2 is 1.81 bits per heavy atom. The van der Waals surface area contributed by atoms with Crippen LogP contribution in [0.5, 0.6) is 0 Å². The van der Waals surface area contributed by atoms with Gasteiger partial charge in [0.2, 0.25) is 11.8 Å². The lowest BCUT2D eigenvalue weighted by Crippen LogP contribution is -2.54. The van der Waals surface area contributed by atoms with E-state index in [1.807, 2.05) is 12.1 Å². The number of piperidine rings is 1. The fourth-order valence-corrected chi connectivity index (χ4v) is 4.86. The molecule has 0 radical (unpaired) electrons. The number of nitrogens with zero attached hydrogens (tertiary/aromatic N) is 1. The molecule has 8 nitrogen and oxygen atoms in total. The largest absolute Gasteiger partial charge is 0.311 e. The fraction of sp³-hybridized carbons (Fsp3) is 0.333. The number of nitrogens with one attached hydrogen (secondary N) is 3. The predicted molar refractivity (Wildman–Crippen MR) is 116 cm³/mol. The van der Waals surface area contributed by atoms with Crippen LogP contribution < -0.4 is 16.0 Å². The molecule has 1 saturated heterocycles. The molecule has 0 bridgehead atoms. The van der Waals surface area contributed by atoms with Gasteiger partial charge in [0.25, 0.3) is 11.8 Å². The summed E-state index contributed by atoms with van der Waals surface area (Å²) in [7, 11) is 0. The van der Waals surface area contributed by atoms with E-state index in [0.29, 0.717) is 24.2 Å². The smallest absolute Gasteiger partial charge is 0.262 e. The number of benzene rings is 2. The van der Waals surface area contributed by atoms with Crippen molar-refractivity contribution in [3.05, 3.63) is 70.3 Å². The van der Waals surface area contributed by atoms with Crippen molar-refractivity contribution in [3.63, 3.8) is 0 Å². The quantitative estimate of drug-likeness (QED) is 0.610. The number of hydrogen-bond acceptors (Lipinski definition) is 6. The molecule has 32 heavy (non-hydrogen) atoms. The highest BCUT2D eigenvalue weighted by molar-refractivity contribution is 6.24. The van der Waals surface area contributed by atoms with Gasteiger partial charge in [0, 0.05) is 25.6 Å². The van der Waals surface area contributed by atoms with Gasteiger partial charge in [-0.15, -0.1) is 0 Å². The Kier molecular flexibility index (Phi) is 5.32. The first kappa shape index (κ1) is 20.5. The van der Waals surface area contributed by atoms with E-state index in [4.69, 9.17) is 0 Å². The molecular formula is C24H24N4O4. The third kappa shape index (κ3) is 3.51. The minimum atomic E-state index is -0.955. The summed E-state index contributed by atoms with van der Waals surface area (Å²) in [5, 5.41) is 9.17. The summed E-state index contributed by atoms with van der Waals surface area (Å²) in [5.41, 5.74) is 3.99. The molecule has 3 heterocycles. The topological polar surface area (TPSA) is 108 Å². The lowest BCUT2D eigenvalue weighted by atomic mass is 9.94. The Hall–Kier alpha value is -3.36. The number of carbonyl (C=O) groups excluding carboxylic acids is 4. The molecule has 2 unspecified atom stereocenters. The molecule has 4 amide bonds. The normalized spacial score (nSPS) is 22.6. The maximum absolute atomic E-state index is 13.2. The van der Waals surface area contributed by atoms with Crippen LogP contribution in [0.2, 0.25) is 0 Å². The van der Waals surface area contributed by atoms with Gasteiger partial charge in [-0.05, 0) is 42.1 Å². The van der Waals surface area contributed by atoms with Gasteiger partial charge >= 0.3 is 0 Å². The number of carbonyl (C=O) groups is 4. The third-order valence-corrected chi connectivity index (χ3v) is 6.43. The van der Waals surface area contributed by atoms with E-state index in [2.05, 4.69) is 34.1 Å².